The summed E-state index contributed by atoms with van der Waals surface area (Å²) < 4.78 is 6.83. The summed E-state index contributed by atoms with van der Waals surface area (Å²) in [5.41, 5.74) is -0.206. The number of rotatable bonds is 6. The number of nitrogens with zero attached hydrogens (tertiary/aromatic N) is 1. The number of hydrogen-bond acceptors (Lipinski definition) is 2. The van der Waals surface area contributed by atoms with Gasteiger partial charge in [0.1, 0.15) is 5.75 Å². The Morgan fingerprint density at radius 1 is 1.35 bits per heavy atom. The van der Waals surface area contributed by atoms with Gasteiger partial charge in [-0.3, -0.25) is 0 Å². The van der Waals surface area contributed by atoms with Crippen LogP contribution < -0.4 is 4.74 Å². The monoisotopic (exact) mass is 343 g/mol. The molecule has 3 heteroatoms. The van der Waals surface area contributed by atoms with Crippen LogP contribution in [0.1, 0.15) is 33.1 Å². The first-order valence-corrected chi connectivity index (χ1v) is 6.91. The lowest BCUT2D eigenvalue weighted by atomic mass is 9.89. The molecule has 17 heavy (non-hydrogen) atoms. The number of ether oxygens (including phenoxy) is 1. The molecule has 2 nitrogen and oxygen atoms in total. The smallest absolute Gasteiger partial charge is 0.120 e. The number of unbranched alkanes of at least 4 members (excludes halogenated alkanes) is 1. The van der Waals surface area contributed by atoms with Crippen molar-refractivity contribution in [2.75, 3.05) is 6.61 Å². The van der Waals surface area contributed by atoms with Crippen LogP contribution in [0.4, 0.5) is 0 Å². The number of benzene rings is 1. The van der Waals surface area contributed by atoms with Gasteiger partial charge < -0.3 is 4.74 Å². The van der Waals surface area contributed by atoms with E-state index in [9.17, 15) is 0 Å². The largest absolute Gasteiger partial charge is 0.494 e. The third-order valence-corrected chi connectivity index (χ3v) is 3.23. The fourth-order valence-electron chi connectivity index (χ4n) is 1.47. The van der Waals surface area contributed by atoms with Gasteiger partial charge in [0.25, 0.3) is 0 Å². The Balaban J connectivity index is 2.19. The van der Waals surface area contributed by atoms with Crippen LogP contribution in [-0.2, 0) is 0 Å². The maximum Gasteiger partial charge on any atom is 0.120 e. The molecule has 0 atom stereocenters. The summed E-state index contributed by atoms with van der Waals surface area (Å²) in [7, 11) is 0. The first-order valence-electron chi connectivity index (χ1n) is 5.83. The fourth-order valence-corrected chi connectivity index (χ4v) is 1.99. The minimum absolute atomic E-state index is 0.206. The maximum absolute atomic E-state index is 8.88. The molecule has 0 heterocycles. The van der Waals surface area contributed by atoms with Gasteiger partial charge in [0.05, 0.1) is 18.1 Å². The summed E-state index contributed by atoms with van der Waals surface area (Å²) in [6.07, 6.45) is 2.96. The lowest BCUT2D eigenvalue weighted by Crippen LogP contribution is -2.08. The molecule has 0 bridgehead atoms. The van der Waals surface area contributed by atoms with Crippen LogP contribution in [0.25, 0.3) is 0 Å². The normalized spacial score (nSPS) is 10.9. The molecule has 1 rings (SSSR count). The summed E-state index contributed by atoms with van der Waals surface area (Å²) in [4.78, 5) is 0. The molecule has 0 N–H and O–H groups in total. The van der Waals surface area contributed by atoms with Gasteiger partial charge in [0, 0.05) is 3.57 Å². The average molecular weight is 343 g/mol. The van der Waals surface area contributed by atoms with Crippen molar-refractivity contribution in [2.24, 2.45) is 5.41 Å². The van der Waals surface area contributed by atoms with E-state index in [0.29, 0.717) is 0 Å². The second-order valence-electron chi connectivity index (χ2n) is 4.76. The molecule has 0 aliphatic heterocycles. The van der Waals surface area contributed by atoms with E-state index in [2.05, 4.69) is 28.7 Å². The van der Waals surface area contributed by atoms with E-state index in [-0.39, 0.29) is 5.41 Å². The van der Waals surface area contributed by atoms with Gasteiger partial charge in [0.15, 0.2) is 0 Å². The topological polar surface area (TPSA) is 33.0 Å². The highest BCUT2D eigenvalue weighted by Gasteiger charge is 2.15. The summed E-state index contributed by atoms with van der Waals surface area (Å²) >= 11 is 2.27. The standard InChI is InChI=1S/C14H18INO/c1-14(2,11-16)8-3-4-9-17-13-7-5-6-12(15)10-13/h5-7,10H,3-4,8-9H2,1-2H3. The molecule has 0 saturated heterocycles. The van der Waals surface area contributed by atoms with Gasteiger partial charge in [-0.15, -0.1) is 0 Å². The van der Waals surface area contributed by atoms with Crippen molar-refractivity contribution in [3.05, 3.63) is 27.8 Å². The van der Waals surface area contributed by atoms with Gasteiger partial charge in [-0.05, 0) is 73.9 Å². The van der Waals surface area contributed by atoms with Crippen molar-refractivity contribution in [1.82, 2.24) is 0 Å². The Hall–Kier alpha value is -0.760. The summed E-state index contributed by atoms with van der Waals surface area (Å²) in [5, 5.41) is 8.88. The zero-order valence-corrected chi connectivity index (χ0v) is 12.5. The quantitative estimate of drug-likeness (QED) is 0.567. The SMILES string of the molecule is CC(C)(C#N)CCCCOc1cccc(I)c1. The van der Waals surface area contributed by atoms with Crippen LogP contribution in [0.15, 0.2) is 24.3 Å². The van der Waals surface area contributed by atoms with Gasteiger partial charge in [-0.1, -0.05) is 6.07 Å². The van der Waals surface area contributed by atoms with Crippen LogP contribution in [0.2, 0.25) is 0 Å². The molecule has 92 valence electrons. The highest BCUT2D eigenvalue weighted by molar-refractivity contribution is 14.1. The molecule has 0 amide bonds. The molecular formula is C14H18INO. The zero-order chi connectivity index (χ0) is 12.7. The van der Waals surface area contributed by atoms with Gasteiger partial charge in [0.2, 0.25) is 0 Å². The predicted octanol–water partition coefficient (Wildman–Crippen LogP) is 4.39. The number of hydrogen-bond donors (Lipinski definition) is 0. The van der Waals surface area contributed by atoms with Crippen LogP contribution >= 0.6 is 22.6 Å². The Morgan fingerprint density at radius 2 is 2.12 bits per heavy atom. The summed E-state index contributed by atoms with van der Waals surface area (Å²) in [6.45, 7) is 4.68. The van der Waals surface area contributed by atoms with Crippen LogP contribution in [0, 0.1) is 20.3 Å². The minimum Gasteiger partial charge on any atom is -0.494 e. The highest BCUT2D eigenvalue weighted by Crippen LogP contribution is 2.22. The predicted molar refractivity (Wildman–Crippen MR) is 77.9 cm³/mol. The van der Waals surface area contributed by atoms with Crippen molar-refractivity contribution < 1.29 is 4.74 Å². The maximum atomic E-state index is 8.88. The molecule has 0 aliphatic rings. The number of halogens is 1. The number of nitriles is 1. The molecule has 0 spiro atoms. The van der Waals surface area contributed by atoms with E-state index < -0.39 is 0 Å². The van der Waals surface area contributed by atoms with Gasteiger partial charge >= 0.3 is 0 Å². The van der Waals surface area contributed by atoms with Crippen LogP contribution in [-0.4, -0.2) is 6.61 Å². The van der Waals surface area contributed by atoms with E-state index in [4.69, 9.17) is 10.00 Å². The van der Waals surface area contributed by atoms with E-state index in [1.54, 1.807) is 0 Å². The van der Waals surface area contributed by atoms with Crippen molar-refractivity contribution in [3.63, 3.8) is 0 Å². The zero-order valence-electron chi connectivity index (χ0n) is 10.4. The molecule has 0 radical (unpaired) electrons. The van der Waals surface area contributed by atoms with E-state index in [0.717, 1.165) is 31.6 Å². The third kappa shape index (κ3) is 5.92. The first-order chi connectivity index (χ1) is 8.03. The Bertz CT molecular complexity index is 395. The fraction of sp³-hybridized carbons (Fsp3) is 0.500. The lowest BCUT2D eigenvalue weighted by molar-refractivity contribution is 0.295. The van der Waals surface area contributed by atoms with Crippen molar-refractivity contribution >= 4 is 22.6 Å². The molecule has 1 aromatic rings. The molecule has 1 aromatic carbocycles. The van der Waals surface area contributed by atoms with E-state index >= 15 is 0 Å². The molecule has 0 unspecified atom stereocenters. The van der Waals surface area contributed by atoms with Gasteiger partial charge in [-0.2, -0.15) is 5.26 Å². The summed E-state index contributed by atoms with van der Waals surface area (Å²) in [5.74, 6) is 0.927. The second-order valence-corrected chi connectivity index (χ2v) is 6.00. The summed E-state index contributed by atoms with van der Waals surface area (Å²) in [6, 6.07) is 10.4. The van der Waals surface area contributed by atoms with Crippen molar-refractivity contribution in [2.45, 2.75) is 33.1 Å². The highest BCUT2D eigenvalue weighted by atomic mass is 127. The van der Waals surface area contributed by atoms with E-state index in [1.807, 2.05) is 38.1 Å². The average Bonchev–Trinajstić information content (AvgIpc) is 2.29. The van der Waals surface area contributed by atoms with Crippen molar-refractivity contribution in [3.8, 4) is 11.8 Å². The molecule has 0 fully saturated rings. The molecule has 0 aliphatic carbocycles. The van der Waals surface area contributed by atoms with E-state index in [1.165, 1.54) is 3.57 Å². The Morgan fingerprint density at radius 3 is 2.76 bits per heavy atom. The van der Waals surface area contributed by atoms with Crippen LogP contribution in [0.3, 0.4) is 0 Å². The minimum atomic E-state index is -0.206. The molecule has 0 aromatic heterocycles. The first kappa shape index (κ1) is 14.3. The Labute approximate surface area is 117 Å². The second kappa shape index (κ2) is 6.85. The van der Waals surface area contributed by atoms with Crippen LogP contribution in [0.5, 0.6) is 5.75 Å². The molecule has 0 saturated carbocycles. The van der Waals surface area contributed by atoms with Gasteiger partial charge in [-0.25, -0.2) is 0 Å². The lowest BCUT2D eigenvalue weighted by Gasteiger charge is -2.14. The van der Waals surface area contributed by atoms with Crippen molar-refractivity contribution in [1.29, 1.82) is 5.26 Å². The Kier molecular flexibility index (Phi) is 5.76. The molecular weight excluding hydrogens is 325 g/mol. The third-order valence-electron chi connectivity index (χ3n) is 2.56.